The van der Waals surface area contributed by atoms with E-state index >= 15 is 0 Å². The number of carbonyl (C=O) groups is 1. The largest absolute Gasteiger partial charge is 0.444 e. The molecule has 0 fully saturated rings. The van der Waals surface area contributed by atoms with Gasteiger partial charge in [-0.25, -0.2) is 13.2 Å². The molecule has 0 saturated heterocycles. The molecule has 3 rings (SSSR count). The van der Waals surface area contributed by atoms with Crippen LogP contribution in [-0.4, -0.2) is 32.1 Å². The number of carbonyl (C=O) groups excluding carboxylic acids is 1. The van der Waals surface area contributed by atoms with Crippen molar-refractivity contribution >= 4 is 27.3 Å². The maximum atomic E-state index is 13.6. The molecular formula is C25H29NO4S2. The predicted molar refractivity (Wildman–Crippen MR) is 129 cm³/mol. The van der Waals surface area contributed by atoms with Crippen molar-refractivity contribution in [2.45, 2.75) is 55.9 Å². The van der Waals surface area contributed by atoms with E-state index in [9.17, 15) is 13.2 Å². The quantitative estimate of drug-likeness (QED) is 0.442. The highest BCUT2D eigenvalue weighted by Crippen LogP contribution is 2.43. The smallest absolute Gasteiger partial charge is 0.410 e. The van der Waals surface area contributed by atoms with Crippen LogP contribution in [0.4, 0.5) is 4.79 Å². The SMILES string of the molecule is Cc1ccccc1-c1c(S(=O)(=O)c2ccccc2)sc(CN(C)C(=O)OC(C)(C)C)c1C. The van der Waals surface area contributed by atoms with Crippen LogP contribution in [0.25, 0.3) is 11.1 Å². The van der Waals surface area contributed by atoms with Crippen LogP contribution in [0, 0.1) is 13.8 Å². The monoisotopic (exact) mass is 471 g/mol. The molecule has 7 heteroatoms. The van der Waals surface area contributed by atoms with Crippen LogP contribution in [0.5, 0.6) is 0 Å². The van der Waals surface area contributed by atoms with Gasteiger partial charge in [0.2, 0.25) is 9.84 Å². The van der Waals surface area contributed by atoms with E-state index in [0.717, 1.165) is 21.6 Å². The molecular weight excluding hydrogens is 442 g/mol. The number of rotatable bonds is 5. The Hall–Kier alpha value is -2.64. The fourth-order valence-corrected chi connectivity index (χ4v) is 6.76. The van der Waals surface area contributed by atoms with Gasteiger partial charge in [0, 0.05) is 17.5 Å². The van der Waals surface area contributed by atoms with Crippen molar-refractivity contribution in [3.63, 3.8) is 0 Å². The zero-order valence-corrected chi connectivity index (χ0v) is 20.9. The van der Waals surface area contributed by atoms with Crippen LogP contribution in [0.15, 0.2) is 63.7 Å². The Morgan fingerprint density at radius 2 is 1.59 bits per heavy atom. The second kappa shape index (κ2) is 9.08. The molecule has 1 amide bonds. The third kappa shape index (κ3) is 5.05. The molecule has 32 heavy (non-hydrogen) atoms. The highest BCUT2D eigenvalue weighted by atomic mass is 32.2. The Morgan fingerprint density at radius 1 is 1.00 bits per heavy atom. The summed E-state index contributed by atoms with van der Waals surface area (Å²) < 4.78 is 33.0. The van der Waals surface area contributed by atoms with E-state index in [1.165, 1.54) is 16.2 Å². The first-order valence-electron chi connectivity index (χ1n) is 10.3. The third-order valence-electron chi connectivity index (χ3n) is 5.01. The van der Waals surface area contributed by atoms with Crippen LogP contribution >= 0.6 is 11.3 Å². The summed E-state index contributed by atoms with van der Waals surface area (Å²) in [6.45, 7) is 9.59. The number of nitrogens with zero attached hydrogens (tertiary/aromatic N) is 1. The summed E-state index contributed by atoms with van der Waals surface area (Å²) in [6.07, 6.45) is -0.449. The van der Waals surface area contributed by atoms with Crippen LogP contribution in [0.3, 0.4) is 0 Å². The number of sulfone groups is 1. The van der Waals surface area contributed by atoms with Gasteiger partial charge < -0.3 is 9.64 Å². The van der Waals surface area contributed by atoms with Gasteiger partial charge in [0.15, 0.2) is 0 Å². The van der Waals surface area contributed by atoms with E-state index in [1.807, 2.05) is 58.9 Å². The molecule has 1 heterocycles. The summed E-state index contributed by atoms with van der Waals surface area (Å²) in [4.78, 5) is 15.0. The van der Waals surface area contributed by atoms with Gasteiger partial charge in [-0.15, -0.1) is 11.3 Å². The van der Waals surface area contributed by atoms with Crippen molar-refractivity contribution in [1.82, 2.24) is 4.90 Å². The molecule has 0 aliphatic rings. The van der Waals surface area contributed by atoms with Crippen molar-refractivity contribution in [2.24, 2.45) is 0 Å². The lowest BCUT2D eigenvalue weighted by atomic mass is 9.99. The van der Waals surface area contributed by atoms with Crippen molar-refractivity contribution in [2.75, 3.05) is 7.05 Å². The Kier molecular flexibility index (Phi) is 6.81. The number of benzene rings is 2. The molecule has 0 aliphatic heterocycles. The first-order chi connectivity index (χ1) is 14.9. The van der Waals surface area contributed by atoms with E-state index in [2.05, 4.69) is 0 Å². The maximum absolute atomic E-state index is 13.6. The number of aryl methyl sites for hydroxylation is 1. The van der Waals surface area contributed by atoms with Crippen molar-refractivity contribution in [3.05, 3.63) is 70.6 Å². The van der Waals surface area contributed by atoms with Gasteiger partial charge in [-0.3, -0.25) is 0 Å². The fourth-order valence-electron chi connectivity index (χ4n) is 3.36. The Balaban J connectivity index is 2.13. The summed E-state index contributed by atoms with van der Waals surface area (Å²) in [5.41, 5.74) is 2.81. The average Bonchev–Trinajstić information content (AvgIpc) is 3.04. The lowest BCUT2D eigenvalue weighted by molar-refractivity contribution is 0.0286. The Morgan fingerprint density at radius 3 is 2.19 bits per heavy atom. The average molecular weight is 472 g/mol. The van der Waals surface area contributed by atoms with Gasteiger partial charge in [-0.1, -0.05) is 42.5 Å². The fraction of sp³-hybridized carbons (Fsp3) is 0.320. The summed E-state index contributed by atoms with van der Waals surface area (Å²) in [7, 11) is -2.08. The first-order valence-corrected chi connectivity index (χ1v) is 12.6. The molecule has 0 spiro atoms. The van der Waals surface area contributed by atoms with Crippen LogP contribution in [0.1, 0.15) is 36.8 Å². The van der Waals surface area contributed by atoms with Crippen molar-refractivity contribution in [1.29, 1.82) is 0 Å². The number of thiophene rings is 1. The number of amides is 1. The van der Waals surface area contributed by atoms with E-state index in [0.29, 0.717) is 9.77 Å². The molecule has 5 nitrogen and oxygen atoms in total. The zero-order valence-electron chi connectivity index (χ0n) is 19.3. The summed E-state index contributed by atoms with van der Waals surface area (Å²) in [6, 6.07) is 16.2. The normalized spacial score (nSPS) is 11.9. The van der Waals surface area contributed by atoms with Gasteiger partial charge in [0.1, 0.15) is 9.81 Å². The molecule has 1 aromatic heterocycles. The molecule has 0 N–H and O–H groups in total. The Bertz CT molecular complexity index is 1220. The van der Waals surface area contributed by atoms with Crippen molar-refractivity contribution < 1.29 is 17.9 Å². The third-order valence-corrected chi connectivity index (χ3v) is 8.58. The highest BCUT2D eigenvalue weighted by molar-refractivity contribution is 7.93. The number of hydrogen-bond donors (Lipinski definition) is 0. The standard InChI is InChI=1S/C25H29NO4S2/c1-17-12-10-11-15-20(17)22-18(2)21(16-26(6)24(27)30-25(3,4)5)31-23(22)32(28,29)19-13-8-7-9-14-19/h7-15H,16H2,1-6H3. The van der Waals surface area contributed by atoms with E-state index in [4.69, 9.17) is 4.74 Å². The zero-order chi connectivity index (χ0) is 23.7. The minimum Gasteiger partial charge on any atom is -0.444 e. The van der Waals surface area contributed by atoms with E-state index < -0.39 is 21.5 Å². The lowest BCUT2D eigenvalue weighted by Gasteiger charge is -2.24. The predicted octanol–water partition coefficient (Wildman–Crippen LogP) is 6.23. The molecule has 0 saturated carbocycles. The summed E-state index contributed by atoms with van der Waals surface area (Å²) in [5.74, 6) is 0. The van der Waals surface area contributed by atoms with Gasteiger partial charge in [0.05, 0.1) is 11.4 Å². The maximum Gasteiger partial charge on any atom is 0.410 e. The molecule has 0 bridgehead atoms. The molecule has 170 valence electrons. The summed E-state index contributed by atoms with van der Waals surface area (Å²) >= 11 is 1.22. The second-order valence-corrected chi connectivity index (χ2v) is 12.0. The lowest BCUT2D eigenvalue weighted by Crippen LogP contribution is -2.33. The Labute approximate surface area is 194 Å². The minimum absolute atomic E-state index is 0.253. The van der Waals surface area contributed by atoms with Crippen molar-refractivity contribution in [3.8, 4) is 11.1 Å². The minimum atomic E-state index is -3.74. The highest BCUT2D eigenvalue weighted by Gasteiger charge is 2.30. The van der Waals surface area contributed by atoms with Gasteiger partial charge in [0.25, 0.3) is 0 Å². The second-order valence-electron chi connectivity index (χ2n) is 8.78. The molecule has 0 unspecified atom stereocenters. The van der Waals surface area contributed by atoms with Crippen LogP contribution in [0.2, 0.25) is 0 Å². The molecule has 0 aliphatic carbocycles. The van der Waals surface area contributed by atoms with Gasteiger partial charge in [-0.05, 0) is 63.4 Å². The molecule has 3 aromatic rings. The van der Waals surface area contributed by atoms with Crippen LogP contribution in [-0.2, 0) is 21.1 Å². The number of hydrogen-bond acceptors (Lipinski definition) is 5. The first kappa shape index (κ1) is 24.0. The topological polar surface area (TPSA) is 63.7 Å². The van der Waals surface area contributed by atoms with Crippen LogP contribution < -0.4 is 0 Å². The summed E-state index contributed by atoms with van der Waals surface area (Å²) in [5, 5.41) is 0. The molecule has 0 radical (unpaired) electrons. The van der Waals surface area contributed by atoms with E-state index in [-0.39, 0.29) is 11.4 Å². The van der Waals surface area contributed by atoms with Gasteiger partial charge >= 0.3 is 6.09 Å². The molecule has 0 atom stereocenters. The number of ether oxygens (including phenoxy) is 1. The molecule has 2 aromatic carbocycles. The van der Waals surface area contributed by atoms with Gasteiger partial charge in [-0.2, -0.15) is 0 Å². The van der Waals surface area contributed by atoms with E-state index in [1.54, 1.807) is 37.4 Å².